The highest BCUT2D eigenvalue weighted by atomic mass is 19.4. The van der Waals surface area contributed by atoms with Crippen molar-refractivity contribution in [3.63, 3.8) is 0 Å². The van der Waals surface area contributed by atoms with Crippen LogP contribution >= 0.6 is 0 Å². The van der Waals surface area contributed by atoms with E-state index in [-0.39, 0.29) is 37.0 Å². The lowest BCUT2D eigenvalue weighted by atomic mass is 10.0. The molecule has 15 heteroatoms. The van der Waals surface area contributed by atoms with Gasteiger partial charge in [-0.2, -0.15) is 13.2 Å². The maximum Gasteiger partial charge on any atom is 0.416 e. The molecule has 0 aliphatic heterocycles. The fraction of sp³-hybridized carbons (Fsp3) is 0.708. The van der Waals surface area contributed by atoms with Gasteiger partial charge in [0.05, 0.1) is 109 Å². The van der Waals surface area contributed by atoms with Gasteiger partial charge < -0.3 is 47.9 Å². The lowest BCUT2D eigenvalue weighted by Gasteiger charge is -2.13. The molecule has 0 atom stereocenters. The van der Waals surface area contributed by atoms with E-state index in [2.05, 4.69) is 12.2 Å². The van der Waals surface area contributed by atoms with Crippen molar-refractivity contribution in [1.82, 2.24) is 0 Å². The molecule has 2 aromatic rings. The van der Waals surface area contributed by atoms with Crippen LogP contribution in [0.3, 0.4) is 0 Å². The van der Waals surface area contributed by atoms with Crippen LogP contribution in [0, 0.1) is 0 Å². The maximum absolute atomic E-state index is 13.1. The number of alkyl halides is 3. The summed E-state index contributed by atoms with van der Waals surface area (Å²) in [5.74, 6) is -0.780. The number of unbranched alkanes of at least 4 members (excludes halogenated alkanes) is 14. The molecule has 12 nitrogen and oxygen atoms in total. The van der Waals surface area contributed by atoms with Gasteiger partial charge >= 0.3 is 18.1 Å². The van der Waals surface area contributed by atoms with Crippen molar-refractivity contribution in [3.05, 3.63) is 59.7 Å². The van der Waals surface area contributed by atoms with Gasteiger partial charge in [0, 0.05) is 12.1 Å². The minimum Gasteiger partial charge on any atom is -0.463 e. The number of ether oxygens (including phenoxy) is 9. The molecule has 360 valence electrons. The predicted molar refractivity (Wildman–Crippen MR) is 238 cm³/mol. The molecule has 2 rings (SSSR count). The molecule has 0 fully saturated rings. The number of para-hydroxylation sites is 1. The molecule has 1 N–H and O–H groups in total. The zero-order valence-electron chi connectivity index (χ0n) is 37.9. The van der Waals surface area contributed by atoms with Gasteiger partial charge in [0.25, 0.3) is 0 Å². The Morgan fingerprint density at radius 1 is 0.476 bits per heavy atom. The van der Waals surface area contributed by atoms with Gasteiger partial charge in [-0.15, -0.1) is 0 Å². The Balaban J connectivity index is 1.25. The van der Waals surface area contributed by atoms with Gasteiger partial charge in [0.2, 0.25) is 0 Å². The monoisotopic (exact) mass is 900 g/mol. The molecule has 0 aliphatic rings. The number of esters is 2. The standard InChI is InChI=1S/C48H76F3NO11/c1-2-3-4-5-6-7-8-9-10-11-12-13-14-15-16-24-46(53)62-39-37-60-35-33-58-31-29-56-27-25-55-26-28-57-30-32-59-34-36-61-38-40-63-47(54)44-22-17-18-23-45(44)52-43-21-19-20-42(41-43)48(49,50)51/h17-23,41,52H,2-16,24-40H2,1H3. The van der Waals surface area contributed by atoms with Crippen LogP contribution in [0.4, 0.5) is 24.5 Å². The quantitative estimate of drug-likeness (QED) is 0.0502. The van der Waals surface area contributed by atoms with Crippen LogP contribution in [0.25, 0.3) is 0 Å². The highest BCUT2D eigenvalue weighted by Crippen LogP contribution is 2.32. The molecule has 0 saturated heterocycles. The van der Waals surface area contributed by atoms with E-state index in [1.54, 1.807) is 18.2 Å². The molecular weight excluding hydrogens is 824 g/mol. The molecule has 0 unspecified atom stereocenters. The third-order valence-electron chi connectivity index (χ3n) is 9.78. The third kappa shape index (κ3) is 32.1. The lowest BCUT2D eigenvalue weighted by Crippen LogP contribution is -2.16. The van der Waals surface area contributed by atoms with E-state index in [0.29, 0.717) is 98.0 Å². The van der Waals surface area contributed by atoms with Crippen LogP contribution < -0.4 is 5.32 Å². The zero-order valence-corrected chi connectivity index (χ0v) is 37.9. The molecule has 0 saturated carbocycles. The molecule has 0 heterocycles. The van der Waals surface area contributed by atoms with Crippen molar-refractivity contribution in [3.8, 4) is 0 Å². The van der Waals surface area contributed by atoms with E-state index < -0.39 is 17.7 Å². The van der Waals surface area contributed by atoms with Gasteiger partial charge in [0.15, 0.2) is 0 Å². The lowest BCUT2D eigenvalue weighted by molar-refractivity contribution is -0.145. The first-order valence-corrected chi connectivity index (χ1v) is 23.2. The first kappa shape index (κ1) is 55.8. The first-order valence-electron chi connectivity index (χ1n) is 23.2. The van der Waals surface area contributed by atoms with Crippen molar-refractivity contribution >= 4 is 23.3 Å². The largest absolute Gasteiger partial charge is 0.463 e. The van der Waals surface area contributed by atoms with Gasteiger partial charge in [-0.25, -0.2) is 4.79 Å². The summed E-state index contributed by atoms with van der Waals surface area (Å²) in [4.78, 5) is 24.5. The van der Waals surface area contributed by atoms with Crippen molar-refractivity contribution in [1.29, 1.82) is 0 Å². The second kappa shape index (κ2) is 39.1. The van der Waals surface area contributed by atoms with E-state index >= 15 is 0 Å². The molecule has 0 aromatic heterocycles. The maximum atomic E-state index is 13.1. The van der Waals surface area contributed by atoms with Crippen molar-refractivity contribution < 1.29 is 65.4 Å². The van der Waals surface area contributed by atoms with E-state index in [4.69, 9.17) is 42.6 Å². The third-order valence-corrected chi connectivity index (χ3v) is 9.78. The van der Waals surface area contributed by atoms with E-state index in [1.807, 2.05) is 0 Å². The molecule has 63 heavy (non-hydrogen) atoms. The average molecular weight is 900 g/mol. The topological polar surface area (TPSA) is 129 Å². The van der Waals surface area contributed by atoms with Crippen LogP contribution in [0.5, 0.6) is 0 Å². The minimum absolute atomic E-state index is 0.00414. The summed E-state index contributed by atoms with van der Waals surface area (Å²) in [6.07, 6.45) is 15.5. The number of rotatable bonds is 43. The molecule has 0 aliphatic carbocycles. The van der Waals surface area contributed by atoms with Crippen LogP contribution in [-0.2, 0) is 53.6 Å². The summed E-state index contributed by atoms with van der Waals surface area (Å²) < 4.78 is 88.1. The zero-order chi connectivity index (χ0) is 45.3. The second-order valence-electron chi connectivity index (χ2n) is 15.1. The number of hydrogen-bond donors (Lipinski definition) is 1. The van der Waals surface area contributed by atoms with Crippen molar-refractivity contribution in [2.24, 2.45) is 0 Å². The van der Waals surface area contributed by atoms with Gasteiger partial charge in [-0.1, -0.05) is 115 Å². The van der Waals surface area contributed by atoms with Crippen molar-refractivity contribution in [2.45, 2.75) is 116 Å². The first-order chi connectivity index (χ1) is 30.8. The number of hydrogen-bond acceptors (Lipinski definition) is 12. The number of benzene rings is 2. The highest BCUT2D eigenvalue weighted by molar-refractivity contribution is 5.96. The Morgan fingerprint density at radius 2 is 0.873 bits per heavy atom. The molecule has 2 aromatic carbocycles. The summed E-state index contributed by atoms with van der Waals surface area (Å²) in [6, 6.07) is 11.1. The Bertz CT molecular complexity index is 1400. The summed E-state index contributed by atoms with van der Waals surface area (Å²) in [5, 5.41) is 2.86. The Morgan fingerprint density at radius 3 is 1.32 bits per heavy atom. The van der Waals surface area contributed by atoms with Gasteiger partial charge in [-0.05, 0) is 36.8 Å². The van der Waals surface area contributed by atoms with Gasteiger partial charge in [-0.3, -0.25) is 4.79 Å². The summed E-state index contributed by atoms with van der Waals surface area (Å²) >= 11 is 0. The fourth-order valence-corrected chi connectivity index (χ4v) is 6.32. The highest BCUT2D eigenvalue weighted by Gasteiger charge is 2.30. The number of carbonyl (C=O) groups is 2. The van der Waals surface area contributed by atoms with Gasteiger partial charge in [0.1, 0.15) is 13.2 Å². The summed E-state index contributed by atoms with van der Waals surface area (Å²) in [7, 11) is 0. The second-order valence-corrected chi connectivity index (χ2v) is 15.1. The fourth-order valence-electron chi connectivity index (χ4n) is 6.32. The predicted octanol–water partition coefficient (Wildman–Crippen LogP) is 10.5. The number of halogens is 3. The Kier molecular flexibility index (Phi) is 34.6. The number of nitrogens with one attached hydrogen (secondary N) is 1. The SMILES string of the molecule is CCCCCCCCCCCCCCCCCC(=O)OCCOCCOCCOCCOCCOCCOCCOCCOC(=O)c1ccccc1Nc1cccc(C(F)(F)F)c1. The summed E-state index contributed by atoms with van der Waals surface area (Å²) in [6.45, 7) is 7.95. The molecule has 0 amide bonds. The van der Waals surface area contributed by atoms with Crippen molar-refractivity contribution in [2.75, 3.05) is 111 Å². The molecule has 0 radical (unpaired) electrons. The molecule has 0 spiro atoms. The number of carbonyl (C=O) groups excluding carboxylic acids is 2. The van der Waals surface area contributed by atoms with Crippen LogP contribution in [0.1, 0.15) is 126 Å². The minimum atomic E-state index is -4.48. The Labute approximate surface area is 374 Å². The van der Waals surface area contributed by atoms with Crippen LogP contribution in [-0.4, -0.2) is 118 Å². The molecular formula is C48H76F3NO11. The smallest absolute Gasteiger partial charge is 0.416 e. The number of anilines is 2. The molecule has 0 bridgehead atoms. The average Bonchev–Trinajstić information content (AvgIpc) is 3.27. The van der Waals surface area contributed by atoms with E-state index in [9.17, 15) is 22.8 Å². The van der Waals surface area contributed by atoms with E-state index in [0.717, 1.165) is 25.0 Å². The Hall–Kier alpha value is -3.31. The van der Waals surface area contributed by atoms with E-state index in [1.165, 1.54) is 102 Å². The van der Waals surface area contributed by atoms with Crippen LogP contribution in [0.2, 0.25) is 0 Å². The summed E-state index contributed by atoms with van der Waals surface area (Å²) in [5.41, 5.74) is -0.0933. The van der Waals surface area contributed by atoms with Crippen LogP contribution in [0.15, 0.2) is 48.5 Å². The normalized spacial score (nSPS) is 11.6.